The first-order valence-corrected chi connectivity index (χ1v) is 8.61. The second-order valence-corrected chi connectivity index (χ2v) is 7.16. The monoisotopic (exact) mass is 328 g/mol. The number of aliphatic hydroxyl groups excluding tert-OH is 1. The molecule has 118 valence electrons. The van der Waals surface area contributed by atoms with Crippen molar-refractivity contribution in [3.05, 3.63) is 72.0 Å². The molecule has 1 aromatic heterocycles. The Morgan fingerprint density at radius 1 is 1.00 bits per heavy atom. The molecule has 5 heteroatoms. The van der Waals surface area contributed by atoms with E-state index >= 15 is 0 Å². The molecule has 0 atom stereocenters. The van der Waals surface area contributed by atoms with Crippen LogP contribution in [0.1, 0.15) is 11.3 Å². The molecule has 0 radical (unpaired) electrons. The standard InChI is InChI=1S/C18H16O4S/c1-13-7-9-16(10-8-13)23(20,21)17-11-15(12-19)22-18(17)14-5-3-2-4-6-14/h2-11,19H,12H2,1H3. The van der Waals surface area contributed by atoms with E-state index < -0.39 is 9.84 Å². The predicted octanol–water partition coefficient (Wildman–Crippen LogP) is 3.58. The van der Waals surface area contributed by atoms with Gasteiger partial charge in [-0.1, -0.05) is 48.0 Å². The summed E-state index contributed by atoms with van der Waals surface area (Å²) in [5.74, 6) is 0.463. The van der Waals surface area contributed by atoms with Crippen LogP contribution in [0.2, 0.25) is 0 Å². The molecule has 1 heterocycles. The van der Waals surface area contributed by atoms with Gasteiger partial charge in [-0.2, -0.15) is 0 Å². The third-order valence-corrected chi connectivity index (χ3v) is 5.34. The van der Waals surface area contributed by atoms with Gasteiger partial charge in [-0.25, -0.2) is 8.42 Å². The Morgan fingerprint density at radius 2 is 1.65 bits per heavy atom. The van der Waals surface area contributed by atoms with E-state index in [2.05, 4.69) is 0 Å². The topological polar surface area (TPSA) is 67.5 Å². The number of hydrogen-bond donors (Lipinski definition) is 1. The molecule has 4 nitrogen and oxygen atoms in total. The Kier molecular flexibility index (Phi) is 4.07. The SMILES string of the molecule is Cc1ccc(S(=O)(=O)c2cc(CO)oc2-c2ccccc2)cc1. The molecule has 0 amide bonds. The van der Waals surface area contributed by atoms with Gasteiger partial charge in [0.25, 0.3) is 0 Å². The molecule has 0 saturated heterocycles. The Bertz CT molecular complexity index is 907. The van der Waals surface area contributed by atoms with Crippen LogP contribution in [0.25, 0.3) is 11.3 Å². The van der Waals surface area contributed by atoms with Crippen LogP contribution < -0.4 is 0 Å². The fraction of sp³-hybridized carbons (Fsp3) is 0.111. The average molecular weight is 328 g/mol. The van der Waals surface area contributed by atoms with Crippen molar-refractivity contribution >= 4 is 9.84 Å². The lowest BCUT2D eigenvalue weighted by atomic mass is 10.2. The highest BCUT2D eigenvalue weighted by Gasteiger charge is 2.26. The number of rotatable bonds is 4. The van der Waals surface area contributed by atoms with E-state index in [1.165, 1.54) is 6.07 Å². The molecule has 0 spiro atoms. The quantitative estimate of drug-likeness (QED) is 0.795. The van der Waals surface area contributed by atoms with Gasteiger partial charge in [0.05, 0.1) is 4.90 Å². The van der Waals surface area contributed by atoms with Gasteiger partial charge in [0.2, 0.25) is 9.84 Å². The maximum absolute atomic E-state index is 12.9. The Labute approximate surface area is 134 Å². The highest BCUT2D eigenvalue weighted by molar-refractivity contribution is 7.91. The molecule has 0 unspecified atom stereocenters. The summed E-state index contributed by atoms with van der Waals surface area (Å²) in [7, 11) is -3.73. The van der Waals surface area contributed by atoms with Crippen LogP contribution in [0.15, 0.2) is 74.9 Å². The van der Waals surface area contributed by atoms with Crippen molar-refractivity contribution in [1.29, 1.82) is 0 Å². The van der Waals surface area contributed by atoms with Gasteiger partial charge < -0.3 is 9.52 Å². The summed E-state index contributed by atoms with van der Waals surface area (Å²) in [6.07, 6.45) is 0. The largest absolute Gasteiger partial charge is 0.457 e. The highest BCUT2D eigenvalue weighted by Crippen LogP contribution is 2.34. The van der Waals surface area contributed by atoms with Crippen LogP contribution in [-0.4, -0.2) is 13.5 Å². The number of aryl methyl sites for hydroxylation is 1. The molecule has 0 aliphatic heterocycles. The van der Waals surface area contributed by atoms with Crippen LogP contribution in [0, 0.1) is 6.92 Å². The summed E-state index contributed by atoms with van der Waals surface area (Å²) < 4.78 is 31.4. The summed E-state index contributed by atoms with van der Waals surface area (Å²) in [6.45, 7) is 1.54. The zero-order valence-electron chi connectivity index (χ0n) is 12.6. The molecular formula is C18H16O4S. The van der Waals surface area contributed by atoms with Gasteiger partial charge in [-0.15, -0.1) is 0 Å². The minimum Gasteiger partial charge on any atom is -0.457 e. The summed E-state index contributed by atoms with van der Waals surface area (Å²) in [4.78, 5) is 0.266. The molecule has 0 saturated carbocycles. The number of benzene rings is 2. The van der Waals surface area contributed by atoms with Crippen LogP contribution in [0.5, 0.6) is 0 Å². The van der Waals surface area contributed by atoms with Gasteiger partial charge >= 0.3 is 0 Å². The minimum atomic E-state index is -3.73. The first-order valence-electron chi connectivity index (χ1n) is 7.13. The second kappa shape index (κ2) is 6.02. The van der Waals surface area contributed by atoms with Crippen LogP contribution in [0.4, 0.5) is 0 Å². The van der Waals surface area contributed by atoms with Gasteiger partial charge in [-0.3, -0.25) is 0 Å². The summed E-state index contributed by atoms with van der Waals surface area (Å²) in [5.41, 5.74) is 1.63. The van der Waals surface area contributed by atoms with Crippen molar-refractivity contribution < 1.29 is 17.9 Å². The van der Waals surface area contributed by atoms with Crippen molar-refractivity contribution in [2.24, 2.45) is 0 Å². The van der Waals surface area contributed by atoms with E-state index in [1.807, 2.05) is 13.0 Å². The lowest BCUT2D eigenvalue weighted by Gasteiger charge is -2.05. The first kappa shape index (κ1) is 15.5. The Morgan fingerprint density at radius 3 is 2.26 bits per heavy atom. The van der Waals surface area contributed by atoms with E-state index in [4.69, 9.17) is 4.42 Å². The summed E-state index contributed by atoms with van der Waals surface area (Å²) in [6, 6.07) is 17.0. The van der Waals surface area contributed by atoms with E-state index in [0.717, 1.165) is 5.56 Å². The average Bonchev–Trinajstić information content (AvgIpc) is 3.01. The van der Waals surface area contributed by atoms with Gasteiger partial charge in [0.1, 0.15) is 17.3 Å². The smallest absolute Gasteiger partial charge is 0.210 e. The third kappa shape index (κ3) is 2.93. The molecular weight excluding hydrogens is 312 g/mol. The number of furan rings is 1. The van der Waals surface area contributed by atoms with E-state index in [-0.39, 0.29) is 27.9 Å². The first-order chi connectivity index (χ1) is 11.0. The molecule has 23 heavy (non-hydrogen) atoms. The van der Waals surface area contributed by atoms with Gasteiger partial charge in [-0.05, 0) is 19.1 Å². The number of sulfone groups is 1. The molecule has 0 fully saturated rings. The molecule has 1 N–H and O–H groups in total. The zero-order chi connectivity index (χ0) is 16.4. The molecule has 3 aromatic rings. The lowest BCUT2D eigenvalue weighted by Crippen LogP contribution is -2.02. The van der Waals surface area contributed by atoms with E-state index in [0.29, 0.717) is 5.56 Å². The molecule has 3 rings (SSSR count). The third-order valence-electron chi connectivity index (χ3n) is 3.56. The van der Waals surface area contributed by atoms with Gasteiger partial charge in [0, 0.05) is 11.6 Å². The van der Waals surface area contributed by atoms with Crippen LogP contribution in [-0.2, 0) is 16.4 Å². The Hall–Kier alpha value is -2.37. The van der Waals surface area contributed by atoms with Gasteiger partial charge in [0.15, 0.2) is 5.76 Å². The fourth-order valence-corrected chi connectivity index (χ4v) is 3.77. The maximum atomic E-state index is 12.9. The molecule has 2 aromatic carbocycles. The van der Waals surface area contributed by atoms with Crippen molar-refractivity contribution in [1.82, 2.24) is 0 Å². The normalized spacial score (nSPS) is 11.6. The fourth-order valence-electron chi connectivity index (χ4n) is 2.34. The molecule has 0 aliphatic carbocycles. The minimum absolute atomic E-state index is 0.0663. The summed E-state index contributed by atoms with van der Waals surface area (Å²) in [5, 5.41) is 9.31. The van der Waals surface area contributed by atoms with E-state index in [1.54, 1.807) is 48.5 Å². The van der Waals surface area contributed by atoms with Crippen molar-refractivity contribution in [3.63, 3.8) is 0 Å². The highest BCUT2D eigenvalue weighted by atomic mass is 32.2. The second-order valence-electron chi connectivity index (χ2n) is 5.25. The summed E-state index contributed by atoms with van der Waals surface area (Å²) >= 11 is 0. The van der Waals surface area contributed by atoms with Crippen LogP contribution >= 0.6 is 0 Å². The number of hydrogen-bond acceptors (Lipinski definition) is 4. The number of aliphatic hydroxyl groups is 1. The van der Waals surface area contributed by atoms with Crippen molar-refractivity contribution in [3.8, 4) is 11.3 Å². The zero-order valence-corrected chi connectivity index (χ0v) is 13.4. The predicted molar refractivity (Wildman–Crippen MR) is 86.7 cm³/mol. The van der Waals surface area contributed by atoms with E-state index in [9.17, 15) is 13.5 Å². The molecule has 0 bridgehead atoms. The lowest BCUT2D eigenvalue weighted by molar-refractivity contribution is 0.248. The van der Waals surface area contributed by atoms with Crippen LogP contribution in [0.3, 0.4) is 0 Å². The van der Waals surface area contributed by atoms with Crippen molar-refractivity contribution in [2.75, 3.05) is 0 Å². The van der Waals surface area contributed by atoms with Crippen molar-refractivity contribution in [2.45, 2.75) is 23.3 Å². The Balaban J connectivity index is 2.19. The molecule has 0 aliphatic rings. The maximum Gasteiger partial charge on any atom is 0.210 e.